The predicted molar refractivity (Wildman–Crippen MR) is 82.0 cm³/mol. The Labute approximate surface area is 130 Å². The summed E-state index contributed by atoms with van der Waals surface area (Å²) in [4.78, 5) is 27.1. The highest BCUT2D eigenvalue weighted by Gasteiger charge is 2.21. The molecule has 116 valence electrons. The number of carboxylic acid groups (broad SMARTS) is 1. The highest BCUT2D eigenvalue weighted by Crippen LogP contribution is 2.13. The van der Waals surface area contributed by atoms with Crippen molar-refractivity contribution in [2.75, 3.05) is 10.6 Å². The van der Waals surface area contributed by atoms with Crippen LogP contribution in [-0.2, 0) is 4.79 Å². The highest BCUT2D eigenvalue weighted by atomic mass is 32.1. The number of hydrogen-bond acceptors (Lipinski definition) is 7. The predicted octanol–water partition coefficient (Wildman–Crippen LogP) is 1.71. The zero-order valence-corrected chi connectivity index (χ0v) is 12.8. The first-order chi connectivity index (χ1) is 10.5. The lowest BCUT2D eigenvalue weighted by atomic mass is 10.1. The smallest absolute Gasteiger partial charge is 0.326 e. The van der Waals surface area contributed by atoms with Gasteiger partial charge in [-0.2, -0.15) is 0 Å². The molecule has 0 fully saturated rings. The molecule has 0 saturated carbocycles. The Morgan fingerprint density at radius 1 is 1.32 bits per heavy atom. The number of pyridine rings is 1. The van der Waals surface area contributed by atoms with Crippen molar-refractivity contribution in [2.45, 2.75) is 19.9 Å². The Kier molecular flexibility index (Phi) is 4.99. The number of carbonyl (C=O) groups excluding carboxylic acids is 1. The molecule has 0 aliphatic rings. The summed E-state index contributed by atoms with van der Waals surface area (Å²) in [5.41, 5.74) is 1.86. The molecule has 0 aromatic carbocycles. The van der Waals surface area contributed by atoms with Crippen molar-refractivity contribution in [3.05, 3.63) is 29.4 Å². The molecule has 2 aromatic heterocycles. The first kappa shape index (κ1) is 15.8. The van der Waals surface area contributed by atoms with Crippen LogP contribution in [-0.4, -0.2) is 38.2 Å². The fraction of sp³-hybridized carbons (Fsp3) is 0.308. The van der Waals surface area contributed by atoms with E-state index in [0.29, 0.717) is 16.5 Å². The van der Waals surface area contributed by atoms with Crippen LogP contribution in [0.1, 0.15) is 24.2 Å². The molecular weight excluding hydrogens is 306 g/mol. The Balaban J connectivity index is 2.03. The maximum atomic E-state index is 11.9. The minimum Gasteiger partial charge on any atom is -0.480 e. The third kappa shape index (κ3) is 3.98. The zero-order valence-electron chi connectivity index (χ0n) is 12.0. The molecule has 0 bridgehead atoms. The lowest BCUT2D eigenvalue weighted by Crippen LogP contribution is -2.34. The topological polar surface area (TPSA) is 117 Å². The second-order valence-electron chi connectivity index (χ2n) is 4.83. The lowest BCUT2D eigenvalue weighted by Gasteiger charge is -2.18. The van der Waals surface area contributed by atoms with E-state index >= 15 is 0 Å². The number of aromatic nitrogens is 3. The minimum absolute atomic E-state index is 0.0975. The molecule has 9 heteroatoms. The minimum atomic E-state index is -0.949. The van der Waals surface area contributed by atoms with Gasteiger partial charge in [0.05, 0.1) is 5.56 Å². The summed E-state index contributed by atoms with van der Waals surface area (Å²) in [5, 5.41) is 22.3. The summed E-state index contributed by atoms with van der Waals surface area (Å²) in [5.74, 6) is -1.00. The Morgan fingerprint density at radius 2 is 2.09 bits per heavy atom. The highest BCUT2D eigenvalue weighted by molar-refractivity contribution is 7.13. The number of anilines is 2. The zero-order chi connectivity index (χ0) is 16.1. The van der Waals surface area contributed by atoms with Gasteiger partial charge in [-0.25, -0.2) is 9.78 Å². The number of carboxylic acids is 1. The lowest BCUT2D eigenvalue weighted by molar-refractivity contribution is -0.138. The van der Waals surface area contributed by atoms with Gasteiger partial charge in [0, 0.05) is 6.20 Å². The van der Waals surface area contributed by atoms with Crippen molar-refractivity contribution in [2.24, 2.45) is 5.92 Å². The number of nitrogens with one attached hydrogen (secondary N) is 2. The van der Waals surface area contributed by atoms with E-state index in [1.165, 1.54) is 23.0 Å². The van der Waals surface area contributed by atoms with Crippen molar-refractivity contribution in [1.82, 2.24) is 15.2 Å². The van der Waals surface area contributed by atoms with Crippen molar-refractivity contribution in [3.8, 4) is 0 Å². The Hall–Kier alpha value is -2.55. The van der Waals surface area contributed by atoms with Gasteiger partial charge < -0.3 is 10.4 Å². The molecule has 2 rings (SSSR count). The molecule has 2 heterocycles. The third-order valence-electron chi connectivity index (χ3n) is 2.84. The first-order valence-electron chi connectivity index (χ1n) is 6.50. The summed E-state index contributed by atoms with van der Waals surface area (Å²) in [6, 6.07) is 2.38. The van der Waals surface area contributed by atoms with Gasteiger partial charge in [0.2, 0.25) is 5.13 Å². The van der Waals surface area contributed by atoms with Gasteiger partial charge >= 0.3 is 5.97 Å². The average molecular weight is 321 g/mol. The van der Waals surface area contributed by atoms with Crippen molar-refractivity contribution in [1.29, 1.82) is 0 Å². The maximum Gasteiger partial charge on any atom is 0.326 e. The van der Waals surface area contributed by atoms with E-state index in [2.05, 4.69) is 25.8 Å². The van der Waals surface area contributed by atoms with Crippen LogP contribution in [0.3, 0.4) is 0 Å². The molecule has 0 spiro atoms. The van der Waals surface area contributed by atoms with Crippen LogP contribution in [0.4, 0.5) is 10.9 Å². The van der Waals surface area contributed by atoms with Gasteiger partial charge in [-0.15, -0.1) is 10.2 Å². The van der Waals surface area contributed by atoms with Gasteiger partial charge in [0.15, 0.2) is 0 Å². The number of amides is 1. The summed E-state index contributed by atoms with van der Waals surface area (Å²) in [6.45, 7) is 3.60. The standard InChI is InChI=1S/C13H15N5O3S/c1-7(2)10(12(20)21)16-9-4-3-8(5-14-9)11(19)17-13-18-15-6-22-13/h3-7,10H,1-2H3,(H,14,16)(H,20,21)(H,17,18,19)/t10-/m0/s1. The summed E-state index contributed by atoms with van der Waals surface area (Å²) < 4.78 is 0. The van der Waals surface area contributed by atoms with Crippen LogP contribution < -0.4 is 10.6 Å². The molecule has 0 saturated heterocycles. The van der Waals surface area contributed by atoms with Crippen LogP contribution in [0.15, 0.2) is 23.8 Å². The molecule has 22 heavy (non-hydrogen) atoms. The van der Waals surface area contributed by atoms with Gasteiger partial charge in [0.25, 0.3) is 5.91 Å². The second kappa shape index (κ2) is 6.94. The van der Waals surface area contributed by atoms with E-state index in [9.17, 15) is 9.59 Å². The van der Waals surface area contributed by atoms with Crippen LogP contribution in [0.25, 0.3) is 0 Å². The van der Waals surface area contributed by atoms with Gasteiger partial charge in [-0.1, -0.05) is 25.2 Å². The summed E-state index contributed by atoms with van der Waals surface area (Å²) >= 11 is 1.21. The number of nitrogens with zero attached hydrogens (tertiary/aromatic N) is 3. The third-order valence-corrected chi connectivity index (χ3v) is 3.45. The van der Waals surface area contributed by atoms with Crippen molar-refractivity contribution < 1.29 is 14.7 Å². The summed E-state index contributed by atoms with van der Waals surface area (Å²) in [6.07, 6.45) is 1.37. The van der Waals surface area contributed by atoms with E-state index in [0.717, 1.165) is 0 Å². The molecular formula is C13H15N5O3S. The van der Waals surface area contributed by atoms with Crippen LogP contribution in [0.2, 0.25) is 0 Å². The molecule has 3 N–H and O–H groups in total. The SMILES string of the molecule is CC(C)[C@H](Nc1ccc(C(=O)Nc2nncs2)cn1)C(=O)O. The monoisotopic (exact) mass is 321 g/mol. The molecule has 0 unspecified atom stereocenters. The molecule has 1 amide bonds. The average Bonchev–Trinajstić information content (AvgIpc) is 2.97. The number of rotatable bonds is 6. The van der Waals surface area contributed by atoms with Gasteiger partial charge in [-0.05, 0) is 18.1 Å². The Morgan fingerprint density at radius 3 is 2.59 bits per heavy atom. The number of hydrogen-bond donors (Lipinski definition) is 3. The molecule has 0 aliphatic heterocycles. The van der Waals surface area contributed by atoms with Crippen LogP contribution >= 0.6 is 11.3 Å². The molecule has 8 nitrogen and oxygen atoms in total. The quantitative estimate of drug-likeness (QED) is 0.741. The van der Waals surface area contributed by atoms with Crippen LogP contribution in [0.5, 0.6) is 0 Å². The normalized spacial score (nSPS) is 12.0. The molecule has 0 aliphatic carbocycles. The first-order valence-corrected chi connectivity index (χ1v) is 7.38. The van der Waals surface area contributed by atoms with E-state index in [1.54, 1.807) is 26.0 Å². The number of aliphatic carboxylic acids is 1. The number of carbonyl (C=O) groups is 2. The van der Waals surface area contributed by atoms with E-state index in [4.69, 9.17) is 5.11 Å². The molecule has 1 atom stereocenters. The molecule has 0 radical (unpaired) electrons. The van der Waals surface area contributed by atoms with Gasteiger partial charge in [-0.3, -0.25) is 10.1 Å². The van der Waals surface area contributed by atoms with Gasteiger partial charge in [0.1, 0.15) is 17.4 Å². The second-order valence-corrected chi connectivity index (χ2v) is 5.67. The van der Waals surface area contributed by atoms with Crippen LogP contribution in [0, 0.1) is 5.92 Å². The molecule has 2 aromatic rings. The maximum absolute atomic E-state index is 11.9. The summed E-state index contributed by atoms with van der Waals surface area (Å²) in [7, 11) is 0. The van der Waals surface area contributed by atoms with Crippen molar-refractivity contribution in [3.63, 3.8) is 0 Å². The van der Waals surface area contributed by atoms with E-state index in [1.807, 2.05) is 0 Å². The van der Waals surface area contributed by atoms with Crippen molar-refractivity contribution >= 4 is 34.2 Å². The fourth-order valence-electron chi connectivity index (χ4n) is 1.68. The largest absolute Gasteiger partial charge is 0.480 e. The van der Waals surface area contributed by atoms with E-state index in [-0.39, 0.29) is 11.8 Å². The fourth-order valence-corrected chi connectivity index (χ4v) is 2.12. The Bertz CT molecular complexity index is 642. The van der Waals surface area contributed by atoms with E-state index < -0.39 is 12.0 Å².